The first-order valence-corrected chi connectivity index (χ1v) is 13.6. The third-order valence-electron chi connectivity index (χ3n) is 5.78. The molecule has 0 radical (unpaired) electrons. The topological polar surface area (TPSA) is 127 Å². The van der Waals surface area contributed by atoms with Gasteiger partial charge in [-0.3, -0.25) is 9.78 Å². The number of benzene rings is 2. The molecule has 0 aromatic heterocycles. The van der Waals surface area contributed by atoms with Crippen molar-refractivity contribution in [3.63, 3.8) is 0 Å². The van der Waals surface area contributed by atoms with Crippen molar-refractivity contribution in [2.24, 2.45) is 0 Å². The fourth-order valence-electron chi connectivity index (χ4n) is 3.65. The molecule has 222 valence electrons. The molecular formula is C31H38O10. The molecule has 10 nitrogen and oxygen atoms in total. The predicted octanol–water partition coefficient (Wildman–Crippen LogP) is 6.25. The molecule has 0 unspecified atom stereocenters. The number of aromatic carboxylic acids is 1. The molecule has 0 saturated carbocycles. The Morgan fingerprint density at radius 2 is 1.10 bits per heavy atom. The van der Waals surface area contributed by atoms with Crippen LogP contribution < -0.4 is 9.47 Å². The highest BCUT2D eigenvalue weighted by Crippen LogP contribution is 2.30. The number of hydrogen-bond acceptors (Lipinski definition) is 9. The van der Waals surface area contributed by atoms with Crippen LogP contribution >= 0.6 is 0 Å². The molecule has 2 rings (SSSR count). The van der Waals surface area contributed by atoms with Crippen LogP contribution in [-0.4, -0.2) is 49.4 Å². The van der Waals surface area contributed by atoms with E-state index >= 15 is 0 Å². The van der Waals surface area contributed by atoms with Gasteiger partial charge < -0.3 is 14.6 Å². The minimum absolute atomic E-state index is 0.186. The van der Waals surface area contributed by atoms with E-state index in [-0.39, 0.29) is 5.56 Å². The average Bonchev–Trinajstić information content (AvgIpc) is 2.99. The molecule has 10 heteroatoms. The van der Waals surface area contributed by atoms with Crippen molar-refractivity contribution in [1.82, 2.24) is 0 Å². The van der Waals surface area contributed by atoms with Gasteiger partial charge in [-0.2, -0.15) is 9.78 Å². The van der Waals surface area contributed by atoms with Gasteiger partial charge in [0.2, 0.25) is 0 Å². The zero-order valence-electron chi connectivity index (χ0n) is 23.2. The van der Waals surface area contributed by atoms with E-state index in [4.69, 9.17) is 19.2 Å². The lowest BCUT2D eigenvalue weighted by Gasteiger charge is -2.12. The fraction of sp³-hybridized carbons (Fsp3) is 0.387. The zero-order valence-corrected chi connectivity index (χ0v) is 23.2. The third kappa shape index (κ3) is 13.7. The van der Waals surface area contributed by atoms with Crippen molar-refractivity contribution in [3.8, 4) is 22.6 Å². The summed E-state index contributed by atoms with van der Waals surface area (Å²) in [7, 11) is 0. The standard InChI is InChI=1S/C31H38O10/c1-3-29(32)40-38-21-11-7-5-9-19-36-25-15-13-24(14-16-25)28-23-26(17-18-27(28)31(34)35)37-20-10-6-8-12-22-39-41-30(33)4-2/h3-4,13-18,23H,1-2,5-12,19-22H2,(H,34,35). The second-order valence-corrected chi connectivity index (χ2v) is 8.92. The molecule has 0 aliphatic rings. The summed E-state index contributed by atoms with van der Waals surface area (Å²) in [6.45, 7) is 8.26. The lowest BCUT2D eigenvalue weighted by atomic mass is 9.99. The quantitative estimate of drug-likeness (QED) is 0.0751. The van der Waals surface area contributed by atoms with E-state index in [2.05, 4.69) is 22.9 Å². The summed E-state index contributed by atoms with van der Waals surface area (Å²) in [6.07, 6.45) is 8.90. The van der Waals surface area contributed by atoms with Gasteiger partial charge in [0.25, 0.3) is 0 Å². The molecule has 0 spiro atoms. The minimum Gasteiger partial charge on any atom is -0.494 e. The normalized spacial score (nSPS) is 10.4. The SMILES string of the molecule is C=CC(=O)OOCCCCCCOc1ccc(-c2cc(OCCCCCCOOC(=O)C=C)ccc2C(=O)O)cc1. The van der Waals surface area contributed by atoms with Crippen LogP contribution in [-0.2, 0) is 29.1 Å². The van der Waals surface area contributed by atoms with Crippen molar-refractivity contribution in [1.29, 1.82) is 0 Å². The molecule has 0 fully saturated rings. The van der Waals surface area contributed by atoms with Gasteiger partial charge in [0, 0.05) is 12.2 Å². The molecule has 0 atom stereocenters. The van der Waals surface area contributed by atoms with Gasteiger partial charge in [0.05, 0.1) is 32.0 Å². The van der Waals surface area contributed by atoms with Gasteiger partial charge in [0.1, 0.15) is 11.5 Å². The van der Waals surface area contributed by atoms with Crippen LogP contribution in [0.5, 0.6) is 11.5 Å². The van der Waals surface area contributed by atoms with Gasteiger partial charge in [0.15, 0.2) is 0 Å². The molecule has 0 bridgehead atoms. The maximum absolute atomic E-state index is 11.8. The first-order valence-electron chi connectivity index (χ1n) is 13.6. The number of carboxylic acid groups (broad SMARTS) is 1. The van der Waals surface area contributed by atoms with Gasteiger partial charge in [-0.05, 0) is 80.0 Å². The zero-order chi connectivity index (χ0) is 29.7. The smallest absolute Gasteiger partial charge is 0.365 e. The number of ether oxygens (including phenoxy) is 2. The van der Waals surface area contributed by atoms with E-state index < -0.39 is 17.9 Å². The first-order chi connectivity index (χ1) is 19.9. The summed E-state index contributed by atoms with van der Waals surface area (Å²) in [5.74, 6) is -0.953. The van der Waals surface area contributed by atoms with Crippen LogP contribution in [0.3, 0.4) is 0 Å². The van der Waals surface area contributed by atoms with Crippen LogP contribution in [0.15, 0.2) is 67.8 Å². The van der Waals surface area contributed by atoms with Gasteiger partial charge in [-0.25, -0.2) is 14.4 Å². The Hall–Kier alpha value is -4.15. The van der Waals surface area contributed by atoms with E-state index in [1.54, 1.807) is 18.2 Å². The lowest BCUT2D eigenvalue weighted by molar-refractivity contribution is -0.267. The third-order valence-corrected chi connectivity index (χ3v) is 5.78. The van der Waals surface area contributed by atoms with Crippen LogP contribution in [0.1, 0.15) is 61.7 Å². The Morgan fingerprint density at radius 3 is 1.59 bits per heavy atom. The Kier molecular flexibility index (Phi) is 16.0. The van der Waals surface area contributed by atoms with Crippen molar-refractivity contribution < 1.29 is 48.5 Å². The average molecular weight is 571 g/mol. The molecule has 41 heavy (non-hydrogen) atoms. The Balaban J connectivity index is 1.73. The van der Waals surface area contributed by atoms with Crippen LogP contribution in [0.4, 0.5) is 0 Å². The van der Waals surface area contributed by atoms with Gasteiger partial charge in [-0.1, -0.05) is 38.1 Å². The molecule has 0 aliphatic heterocycles. The highest BCUT2D eigenvalue weighted by atomic mass is 17.2. The van der Waals surface area contributed by atoms with Crippen LogP contribution in [0.25, 0.3) is 11.1 Å². The number of carboxylic acids is 1. The molecule has 0 heterocycles. The van der Waals surface area contributed by atoms with Crippen LogP contribution in [0, 0.1) is 0 Å². The highest BCUT2D eigenvalue weighted by Gasteiger charge is 2.13. The summed E-state index contributed by atoms with van der Waals surface area (Å²) in [5.41, 5.74) is 1.50. The maximum Gasteiger partial charge on any atom is 0.365 e. The molecule has 2 aromatic rings. The summed E-state index contributed by atoms with van der Waals surface area (Å²) in [5, 5.41) is 9.68. The summed E-state index contributed by atoms with van der Waals surface area (Å²) < 4.78 is 11.7. The number of hydrogen-bond donors (Lipinski definition) is 1. The van der Waals surface area contributed by atoms with Crippen molar-refractivity contribution in [2.45, 2.75) is 51.4 Å². The fourth-order valence-corrected chi connectivity index (χ4v) is 3.65. The number of carbonyl (C=O) groups excluding carboxylic acids is 2. The molecule has 1 N–H and O–H groups in total. The monoisotopic (exact) mass is 570 g/mol. The molecular weight excluding hydrogens is 532 g/mol. The molecule has 0 amide bonds. The summed E-state index contributed by atoms with van der Waals surface area (Å²) in [6, 6.07) is 12.2. The van der Waals surface area contributed by atoms with Crippen LogP contribution in [0.2, 0.25) is 0 Å². The molecule has 0 saturated heterocycles. The Bertz CT molecular complexity index is 1110. The first kappa shape index (κ1) is 33.1. The highest BCUT2D eigenvalue weighted by molar-refractivity contribution is 5.96. The summed E-state index contributed by atoms with van der Waals surface area (Å²) >= 11 is 0. The number of carbonyl (C=O) groups is 3. The van der Waals surface area contributed by atoms with Gasteiger partial charge >= 0.3 is 17.9 Å². The van der Waals surface area contributed by atoms with E-state index in [9.17, 15) is 19.5 Å². The largest absolute Gasteiger partial charge is 0.494 e. The Labute approximate surface area is 240 Å². The molecule has 0 aliphatic carbocycles. The van der Waals surface area contributed by atoms with E-state index in [0.717, 1.165) is 69.1 Å². The van der Waals surface area contributed by atoms with E-state index in [1.807, 2.05) is 24.3 Å². The van der Waals surface area contributed by atoms with Crippen molar-refractivity contribution in [2.75, 3.05) is 26.4 Å². The van der Waals surface area contributed by atoms with Gasteiger partial charge in [-0.15, -0.1) is 0 Å². The van der Waals surface area contributed by atoms with E-state index in [1.165, 1.54) is 0 Å². The number of rotatable bonds is 22. The maximum atomic E-state index is 11.8. The second kappa shape index (κ2) is 19.8. The second-order valence-electron chi connectivity index (χ2n) is 8.92. The van der Waals surface area contributed by atoms with Crippen molar-refractivity contribution >= 4 is 17.9 Å². The molecule has 2 aromatic carbocycles. The van der Waals surface area contributed by atoms with E-state index in [0.29, 0.717) is 43.5 Å². The van der Waals surface area contributed by atoms with Crippen molar-refractivity contribution in [3.05, 3.63) is 73.3 Å². The summed E-state index contributed by atoms with van der Waals surface area (Å²) in [4.78, 5) is 52.0. The Morgan fingerprint density at radius 1 is 0.634 bits per heavy atom. The predicted molar refractivity (Wildman–Crippen MR) is 151 cm³/mol. The lowest BCUT2D eigenvalue weighted by Crippen LogP contribution is -2.04. The number of unbranched alkanes of at least 4 members (excludes halogenated alkanes) is 6. The minimum atomic E-state index is -1.02.